The Bertz CT molecular complexity index is 1050. The van der Waals surface area contributed by atoms with Gasteiger partial charge in [0.05, 0.1) is 22.3 Å². The van der Waals surface area contributed by atoms with Crippen LogP contribution in [0.4, 0.5) is 13.2 Å². The van der Waals surface area contributed by atoms with Gasteiger partial charge in [0.15, 0.2) is 5.82 Å². The first kappa shape index (κ1) is 18.7. The van der Waals surface area contributed by atoms with E-state index in [1.165, 1.54) is 33.8 Å². The lowest BCUT2D eigenvalue weighted by Gasteiger charge is -2.10. The van der Waals surface area contributed by atoms with Gasteiger partial charge in [-0.25, -0.2) is 14.0 Å². The van der Waals surface area contributed by atoms with Crippen LogP contribution < -0.4 is 5.69 Å². The molecule has 9 heteroatoms. The van der Waals surface area contributed by atoms with Gasteiger partial charge in [-0.3, -0.25) is 4.98 Å². The molecule has 0 unspecified atom stereocenters. The summed E-state index contributed by atoms with van der Waals surface area (Å²) < 4.78 is 41.4. The van der Waals surface area contributed by atoms with Crippen molar-refractivity contribution in [2.24, 2.45) is 0 Å². The third-order valence-electron chi connectivity index (χ3n) is 4.94. The van der Waals surface area contributed by atoms with Gasteiger partial charge >= 0.3 is 11.9 Å². The molecule has 4 rings (SSSR count). The quantitative estimate of drug-likeness (QED) is 0.620. The van der Waals surface area contributed by atoms with Crippen molar-refractivity contribution in [1.29, 1.82) is 0 Å². The minimum atomic E-state index is -4.45. The summed E-state index contributed by atoms with van der Waals surface area (Å²) in [6.45, 7) is 0. The van der Waals surface area contributed by atoms with E-state index >= 15 is 0 Å². The molecule has 0 spiro atoms. The van der Waals surface area contributed by atoms with Crippen LogP contribution in [-0.4, -0.2) is 19.3 Å². The monoisotopic (exact) mass is 408 g/mol. The Kier molecular flexibility index (Phi) is 4.74. The first-order valence-electron chi connectivity index (χ1n) is 8.85. The van der Waals surface area contributed by atoms with Crippen LogP contribution in [0, 0.1) is 0 Å². The van der Waals surface area contributed by atoms with Crippen molar-refractivity contribution in [2.45, 2.75) is 37.9 Å². The Morgan fingerprint density at radius 3 is 2.36 bits per heavy atom. The highest BCUT2D eigenvalue weighted by Gasteiger charge is 2.31. The van der Waals surface area contributed by atoms with E-state index in [1.807, 2.05) is 0 Å². The van der Waals surface area contributed by atoms with E-state index in [0.29, 0.717) is 16.3 Å². The molecule has 1 aromatic carbocycles. The fourth-order valence-corrected chi connectivity index (χ4v) is 3.74. The Balaban J connectivity index is 1.90. The standard InChI is InChI=1S/C19H16ClF3N4O/c20-16-11-24-10-9-15(16)17-25-27(14-3-1-2-4-14)18(28)26(17)13-7-5-12(6-8-13)19(21,22)23/h5-11,14H,1-4H2. The average Bonchev–Trinajstić information content (AvgIpc) is 3.29. The third kappa shape index (κ3) is 3.32. The third-order valence-corrected chi connectivity index (χ3v) is 5.24. The second-order valence-electron chi connectivity index (χ2n) is 6.72. The molecular weight excluding hydrogens is 393 g/mol. The number of hydrogen-bond donors (Lipinski definition) is 0. The normalized spacial score (nSPS) is 15.3. The summed E-state index contributed by atoms with van der Waals surface area (Å²) in [6, 6.07) is 6.04. The van der Waals surface area contributed by atoms with Gasteiger partial charge in [-0.05, 0) is 43.2 Å². The molecule has 28 heavy (non-hydrogen) atoms. The summed E-state index contributed by atoms with van der Waals surface area (Å²) in [7, 11) is 0. The molecule has 0 radical (unpaired) electrons. The minimum Gasteiger partial charge on any atom is -0.263 e. The molecule has 0 saturated heterocycles. The van der Waals surface area contributed by atoms with Crippen LogP contribution in [0.15, 0.2) is 47.5 Å². The molecule has 0 amide bonds. The summed E-state index contributed by atoms with van der Waals surface area (Å²) >= 11 is 6.25. The van der Waals surface area contributed by atoms with Gasteiger partial charge in [-0.2, -0.15) is 13.2 Å². The lowest BCUT2D eigenvalue weighted by Crippen LogP contribution is -2.26. The molecule has 2 heterocycles. The molecule has 0 bridgehead atoms. The topological polar surface area (TPSA) is 52.7 Å². The van der Waals surface area contributed by atoms with Crippen molar-refractivity contribution in [3.63, 3.8) is 0 Å². The van der Waals surface area contributed by atoms with E-state index in [0.717, 1.165) is 37.8 Å². The maximum absolute atomic E-state index is 13.1. The van der Waals surface area contributed by atoms with Crippen LogP contribution in [0.25, 0.3) is 17.1 Å². The molecule has 1 aliphatic rings. The molecular formula is C19H16ClF3N4O. The van der Waals surface area contributed by atoms with E-state index in [-0.39, 0.29) is 11.9 Å². The number of pyridine rings is 1. The molecule has 1 saturated carbocycles. The highest BCUT2D eigenvalue weighted by Crippen LogP contribution is 2.32. The van der Waals surface area contributed by atoms with Crippen LogP contribution >= 0.6 is 11.6 Å². The van der Waals surface area contributed by atoms with E-state index in [2.05, 4.69) is 10.1 Å². The summed E-state index contributed by atoms with van der Waals surface area (Å²) in [5.41, 5.74) is -0.388. The predicted molar refractivity (Wildman–Crippen MR) is 98.6 cm³/mol. The molecule has 2 aromatic heterocycles. The largest absolute Gasteiger partial charge is 0.416 e. The highest BCUT2D eigenvalue weighted by atomic mass is 35.5. The summed E-state index contributed by atoms with van der Waals surface area (Å²) in [6.07, 6.45) is 2.21. The zero-order valence-corrected chi connectivity index (χ0v) is 15.4. The van der Waals surface area contributed by atoms with Crippen LogP contribution in [0.1, 0.15) is 37.3 Å². The Morgan fingerprint density at radius 2 is 1.75 bits per heavy atom. The van der Waals surface area contributed by atoms with Gasteiger partial charge in [0.2, 0.25) is 0 Å². The minimum absolute atomic E-state index is 0.0254. The van der Waals surface area contributed by atoms with Gasteiger partial charge in [-0.1, -0.05) is 24.4 Å². The van der Waals surface area contributed by atoms with Gasteiger partial charge in [0.1, 0.15) is 0 Å². The zero-order chi connectivity index (χ0) is 19.9. The van der Waals surface area contributed by atoms with Gasteiger partial charge in [0, 0.05) is 18.0 Å². The number of benzene rings is 1. The first-order valence-corrected chi connectivity index (χ1v) is 9.23. The average molecular weight is 409 g/mol. The summed E-state index contributed by atoms with van der Waals surface area (Å²) in [4.78, 5) is 17.1. The Labute approximate surface area is 163 Å². The second kappa shape index (κ2) is 7.09. The van der Waals surface area contributed by atoms with Crippen molar-refractivity contribution in [3.05, 3.63) is 63.8 Å². The Hall–Kier alpha value is -2.61. The number of hydrogen-bond acceptors (Lipinski definition) is 3. The molecule has 0 N–H and O–H groups in total. The fraction of sp³-hybridized carbons (Fsp3) is 0.316. The van der Waals surface area contributed by atoms with Gasteiger partial charge in [-0.15, -0.1) is 5.10 Å². The fourth-order valence-electron chi connectivity index (χ4n) is 3.53. The second-order valence-corrected chi connectivity index (χ2v) is 7.13. The SMILES string of the molecule is O=c1n(C2CCCC2)nc(-c2ccncc2Cl)n1-c1ccc(C(F)(F)F)cc1. The van der Waals surface area contributed by atoms with Crippen LogP contribution in [-0.2, 0) is 6.18 Å². The van der Waals surface area contributed by atoms with Crippen molar-refractivity contribution in [1.82, 2.24) is 19.3 Å². The number of alkyl halides is 3. The van der Waals surface area contributed by atoms with E-state index < -0.39 is 17.4 Å². The van der Waals surface area contributed by atoms with E-state index in [9.17, 15) is 18.0 Å². The van der Waals surface area contributed by atoms with E-state index in [1.54, 1.807) is 6.07 Å². The van der Waals surface area contributed by atoms with Gasteiger partial charge in [0.25, 0.3) is 0 Å². The zero-order valence-electron chi connectivity index (χ0n) is 14.7. The predicted octanol–water partition coefficient (Wildman–Crippen LogP) is 4.88. The smallest absolute Gasteiger partial charge is 0.263 e. The number of rotatable bonds is 3. The van der Waals surface area contributed by atoms with Crippen molar-refractivity contribution in [3.8, 4) is 17.1 Å². The van der Waals surface area contributed by atoms with Crippen LogP contribution in [0.3, 0.4) is 0 Å². The number of nitrogens with zero attached hydrogens (tertiary/aromatic N) is 4. The van der Waals surface area contributed by atoms with Crippen LogP contribution in [0.5, 0.6) is 0 Å². The molecule has 5 nitrogen and oxygen atoms in total. The summed E-state index contributed by atoms with van der Waals surface area (Å²) in [5.74, 6) is 0.282. The molecule has 0 atom stereocenters. The van der Waals surface area contributed by atoms with Gasteiger partial charge < -0.3 is 0 Å². The molecule has 3 aromatic rings. The maximum Gasteiger partial charge on any atom is 0.416 e. The van der Waals surface area contributed by atoms with Crippen molar-refractivity contribution in [2.75, 3.05) is 0 Å². The van der Waals surface area contributed by atoms with E-state index in [4.69, 9.17) is 11.6 Å². The van der Waals surface area contributed by atoms with Crippen molar-refractivity contribution >= 4 is 11.6 Å². The number of halogens is 4. The maximum atomic E-state index is 13.1. The molecule has 1 fully saturated rings. The van der Waals surface area contributed by atoms with Crippen LogP contribution in [0.2, 0.25) is 5.02 Å². The lowest BCUT2D eigenvalue weighted by molar-refractivity contribution is -0.137. The Morgan fingerprint density at radius 1 is 1.07 bits per heavy atom. The molecule has 1 aliphatic carbocycles. The molecule has 0 aliphatic heterocycles. The number of aromatic nitrogens is 4. The highest BCUT2D eigenvalue weighted by molar-refractivity contribution is 6.33. The first-order chi connectivity index (χ1) is 13.4. The van der Waals surface area contributed by atoms with Crippen molar-refractivity contribution < 1.29 is 13.2 Å². The lowest BCUT2D eigenvalue weighted by atomic mass is 10.2. The molecule has 146 valence electrons. The summed E-state index contributed by atoms with van der Waals surface area (Å²) in [5, 5.41) is 4.81.